The van der Waals surface area contributed by atoms with Gasteiger partial charge >= 0.3 is 6.09 Å². The molecule has 0 radical (unpaired) electrons. The lowest BCUT2D eigenvalue weighted by Crippen LogP contribution is -2.51. The first-order valence-electron chi connectivity index (χ1n) is 9.19. The van der Waals surface area contributed by atoms with Gasteiger partial charge in [0.15, 0.2) is 0 Å². The molecule has 5 heteroatoms. The van der Waals surface area contributed by atoms with Crippen molar-refractivity contribution < 1.29 is 14.6 Å². The van der Waals surface area contributed by atoms with Gasteiger partial charge in [0, 0.05) is 12.1 Å². The molecule has 5 nitrogen and oxygen atoms in total. The lowest BCUT2D eigenvalue weighted by molar-refractivity contribution is 0.0419. The van der Waals surface area contributed by atoms with Crippen molar-refractivity contribution in [3.05, 3.63) is 35.9 Å². The maximum Gasteiger partial charge on any atom is 0.407 e. The number of ether oxygens (including phenoxy) is 1. The van der Waals surface area contributed by atoms with Crippen LogP contribution in [0.3, 0.4) is 0 Å². The molecule has 0 saturated heterocycles. The van der Waals surface area contributed by atoms with Crippen molar-refractivity contribution in [2.75, 3.05) is 6.54 Å². The Bertz CT molecular complexity index is 550. The highest BCUT2D eigenvalue weighted by Gasteiger charge is 2.40. The van der Waals surface area contributed by atoms with Crippen LogP contribution in [0.25, 0.3) is 0 Å². The predicted octanol–water partition coefficient (Wildman–Crippen LogP) is 3.02. The highest BCUT2D eigenvalue weighted by atomic mass is 16.6. The predicted molar refractivity (Wildman–Crippen MR) is 99.6 cm³/mol. The summed E-state index contributed by atoms with van der Waals surface area (Å²) in [7, 11) is 0. The maximum atomic E-state index is 12.2. The molecule has 1 aliphatic rings. The second-order valence-electron chi connectivity index (χ2n) is 8.02. The van der Waals surface area contributed by atoms with Crippen molar-refractivity contribution in [2.24, 2.45) is 0 Å². The molecule has 1 fully saturated rings. The van der Waals surface area contributed by atoms with E-state index < -0.39 is 23.8 Å². The molecule has 1 amide bonds. The molecule has 0 aliphatic heterocycles. The summed E-state index contributed by atoms with van der Waals surface area (Å²) >= 11 is 0. The van der Waals surface area contributed by atoms with Crippen LogP contribution in [0.1, 0.15) is 52.5 Å². The number of hydrogen-bond donors (Lipinski definition) is 3. The SMILES string of the molecule is CCC1(NC[C@@H](O)[C@H](Cc2ccccc2)NC(=O)OC(C)(C)C)CC1. The van der Waals surface area contributed by atoms with Crippen LogP contribution in [0.5, 0.6) is 0 Å². The number of benzene rings is 1. The van der Waals surface area contributed by atoms with E-state index in [9.17, 15) is 9.90 Å². The number of carbonyl (C=O) groups excluding carboxylic acids is 1. The van der Waals surface area contributed by atoms with Crippen molar-refractivity contribution in [1.29, 1.82) is 0 Å². The van der Waals surface area contributed by atoms with Crippen LogP contribution in [0.15, 0.2) is 30.3 Å². The van der Waals surface area contributed by atoms with Crippen LogP contribution in [0.2, 0.25) is 0 Å². The molecule has 1 aromatic carbocycles. The summed E-state index contributed by atoms with van der Waals surface area (Å²) in [5, 5.41) is 17.0. The molecule has 2 rings (SSSR count). The molecule has 1 saturated carbocycles. The third-order valence-corrected chi connectivity index (χ3v) is 4.68. The molecule has 2 atom stereocenters. The number of alkyl carbamates (subject to hydrolysis) is 1. The van der Waals surface area contributed by atoms with Crippen molar-refractivity contribution >= 4 is 6.09 Å². The standard InChI is InChI=1S/C20H32N2O3/c1-5-20(11-12-20)21-14-17(23)16(13-15-9-7-6-8-10-15)22-18(24)25-19(2,3)4/h6-10,16-17,21,23H,5,11-14H2,1-4H3,(H,22,24)/t16-,17+/m0/s1. The van der Waals surface area contributed by atoms with Gasteiger partial charge in [-0.25, -0.2) is 4.79 Å². The molecule has 140 valence electrons. The van der Waals surface area contributed by atoms with Gasteiger partial charge in [-0.3, -0.25) is 0 Å². The third-order valence-electron chi connectivity index (χ3n) is 4.68. The number of amides is 1. The summed E-state index contributed by atoms with van der Waals surface area (Å²) in [6.45, 7) is 8.10. The minimum absolute atomic E-state index is 0.185. The Labute approximate surface area is 151 Å². The lowest BCUT2D eigenvalue weighted by atomic mass is 10.0. The minimum atomic E-state index is -0.684. The lowest BCUT2D eigenvalue weighted by Gasteiger charge is -2.28. The second kappa shape index (κ2) is 8.19. The fourth-order valence-electron chi connectivity index (χ4n) is 2.88. The topological polar surface area (TPSA) is 70.6 Å². The van der Waals surface area contributed by atoms with E-state index in [1.54, 1.807) is 0 Å². The first kappa shape index (κ1) is 19.7. The summed E-state index contributed by atoms with van der Waals surface area (Å²) in [6.07, 6.45) is 2.74. The zero-order chi connectivity index (χ0) is 18.5. The van der Waals surface area contributed by atoms with Gasteiger partial charge in [0.25, 0.3) is 0 Å². The first-order chi connectivity index (χ1) is 11.7. The molecular formula is C20H32N2O3. The van der Waals surface area contributed by atoms with Crippen molar-refractivity contribution in [2.45, 2.75) is 76.7 Å². The van der Waals surface area contributed by atoms with Gasteiger partial charge in [0.2, 0.25) is 0 Å². The van der Waals surface area contributed by atoms with Gasteiger partial charge in [-0.05, 0) is 52.0 Å². The Kier molecular flexibility index (Phi) is 6.47. The molecule has 25 heavy (non-hydrogen) atoms. The smallest absolute Gasteiger partial charge is 0.407 e. The number of hydrogen-bond acceptors (Lipinski definition) is 4. The molecule has 0 unspecified atom stereocenters. The fraction of sp³-hybridized carbons (Fsp3) is 0.650. The first-order valence-corrected chi connectivity index (χ1v) is 9.19. The van der Waals surface area contributed by atoms with Gasteiger partial charge < -0.3 is 20.5 Å². The zero-order valence-electron chi connectivity index (χ0n) is 15.8. The van der Waals surface area contributed by atoms with Crippen LogP contribution in [0, 0.1) is 0 Å². The zero-order valence-corrected chi connectivity index (χ0v) is 15.8. The number of carbonyl (C=O) groups is 1. The van der Waals surface area contributed by atoms with Gasteiger partial charge in [0.1, 0.15) is 5.60 Å². The second-order valence-corrected chi connectivity index (χ2v) is 8.02. The summed E-state index contributed by atoms with van der Waals surface area (Å²) in [5.74, 6) is 0. The summed E-state index contributed by atoms with van der Waals surface area (Å²) in [6, 6.07) is 9.46. The van der Waals surface area contributed by atoms with Crippen LogP contribution >= 0.6 is 0 Å². The number of aliphatic hydroxyl groups is 1. The number of aliphatic hydroxyl groups excluding tert-OH is 1. The Hall–Kier alpha value is -1.59. The summed E-state index contributed by atoms with van der Waals surface area (Å²) in [5.41, 5.74) is 0.689. The molecule has 0 heterocycles. The van der Waals surface area contributed by atoms with E-state index in [0.717, 1.165) is 24.8 Å². The molecule has 0 aromatic heterocycles. The third kappa shape index (κ3) is 6.67. The van der Waals surface area contributed by atoms with Crippen LogP contribution < -0.4 is 10.6 Å². The Morgan fingerprint density at radius 2 is 1.92 bits per heavy atom. The van der Waals surface area contributed by atoms with E-state index in [2.05, 4.69) is 17.6 Å². The molecule has 0 bridgehead atoms. The molecule has 3 N–H and O–H groups in total. The molecule has 1 aromatic rings. The van der Waals surface area contributed by atoms with Crippen molar-refractivity contribution in [3.63, 3.8) is 0 Å². The number of rotatable bonds is 8. The average molecular weight is 348 g/mol. The summed E-state index contributed by atoms with van der Waals surface area (Å²) in [4.78, 5) is 12.2. The minimum Gasteiger partial charge on any atom is -0.444 e. The van der Waals surface area contributed by atoms with E-state index in [1.165, 1.54) is 0 Å². The fourth-order valence-corrected chi connectivity index (χ4v) is 2.88. The molecule has 1 aliphatic carbocycles. The number of nitrogens with one attached hydrogen (secondary N) is 2. The van der Waals surface area contributed by atoms with E-state index >= 15 is 0 Å². The van der Waals surface area contributed by atoms with Crippen LogP contribution in [-0.2, 0) is 11.2 Å². The van der Waals surface area contributed by atoms with Crippen molar-refractivity contribution in [1.82, 2.24) is 10.6 Å². The Morgan fingerprint density at radius 3 is 2.44 bits per heavy atom. The normalized spacial score (nSPS) is 18.3. The van der Waals surface area contributed by atoms with E-state index in [1.807, 2.05) is 51.1 Å². The van der Waals surface area contributed by atoms with Gasteiger partial charge in [-0.1, -0.05) is 37.3 Å². The van der Waals surface area contributed by atoms with E-state index in [4.69, 9.17) is 4.74 Å². The van der Waals surface area contributed by atoms with Gasteiger partial charge in [0.05, 0.1) is 12.1 Å². The van der Waals surface area contributed by atoms with Gasteiger partial charge in [-0.15, -0.1) is 0 Å². The van der Waals surface area contributed by atoms with E-state index in [-0.39, 0.29) is 5.54 Å². The monoisotopic (exact) mass is 348 g/mol. The quantitative estimate of drug-likeness (QED) is 0.675. The average Bonchev–Trinajstić information content (AvgIpc) is 3.32. The summed E-state index contributed by atoms with van der Waals surface area (Å²) < 4.78 is 5.35. The molecule has 0 spiro atoms. The largest absolute Gasteiger partial charge is 0.444 e. The Balaban J connectivity index is 1.98. The molecular weight excluding hydrogens is 316 g/mol. The highest BCUT2D eigenvalue weighted by molar-refractivity contribution is 5.68. The number of β-amino-alcohol motifs (C(OH)–C–C–N with tert-alkyl or cyclic N) is 1. The van der Waals surface area contributed by atoms with Crippen LogP contribution in [0.4, 0.5) is 4.79 Å². The van der Waals surface area contributed by atoms with Gasteiger partial charge in [-0.2, -0.15) is 0 Å². The van der Waals surface area contributed by atoms with Crippen LogP contribution in [-0.4, -0.2) is 41.0 Å². The highest BCUT2D eigenvalue weighted by Crippen LogP contribution is 2.38. The maximum absolute atomic E-state index is 12.2. The Morgan fingerprint density at radius 1 is 1.28 bits per heavy atom. The van der Waals surface area contributed by atoms with Crippen molar-refractivity contribution in [3.8, 4) is 0 Å². The van der Waals surface area contributed by atoms with E-state index in [0.29, 0.717) is 13.0 Å².